The van der Waals surface area contributed by atoms with E-state index in [1.807, 2.05) is 149 Å². The first kappa shape index (κ1) is 50.8. The summed E-state index contributed by atoms with van der Waals surface area (Å²) < 4.78 is 57.6. The Morgan fingerprint density at radius 2 is 1.34 bits per heavy atom. The summed E-state index contributed by atoms with van der Waals surface area (Å²) in [4.78, 5) is 46.1. The molecule has 0 spiro atoms. The Morgan fingerprint density at radius 1 is 0.767 bits per heavy atom. The Morgan fingerprint density at radius 3 is 1.92 bits per heavy atom. The monoisotopic (exact) mass is 1000 g/mol. The number of methoxy groups -OCH3 is 2. The number of benzene rings is 7. The molecule has 7 aromatic carbocycles. The predicted molar refractivity (Wildman–Crippen MR) is 280 cm³/mol. The SMILES string of the molecule is COc1ccc(C(OC[C@H]2O[C@@H](n3ccc(=O)[nH]c3=O)[C@H](N(C)C(=O)c3ccc4ccc5cccc6ccc3c4c56)[C@@H]2OP(=O)(OCCC#N)N(C(C)C)C(C)C)(c2ccccc2)c2ccc(OC)cc2)cc1. The van der Waals surface area contributed by atoms with Gasteiger partial charge < -0.3 is 23.8 Å². The molecule has 8 aromatic rings. The van der Waals surface area contributed by atoms with Gasteiger partial charge in [-0.15, -0.1) is 0 Å². The molecule has 1 N–H and O–H groups in total. The molecule has 1 aliphatic rings. The lowest BCUT2D eigenvalue weighted by Crippen LogP contribution is -2.51. The normalized spacial score (nSPS) is 17.9. The van der Waals surface area contributed by atoms with Gasteiger partial charge in [0.2, 0.25) is 0 Å². The molecule has 73 heavy (non-hydrogen) atoms. The van der Waals surface area contributed by atoms with E-state index < -0.39 is 67.1 Å². The van der Waals surface area contributed by atoms with E-state index in [0.717, 1.165) is 32.5 Å². The fourth-order valence-corrected chi connectivity index (χ4v) is 12.8. The first-order valence-electron chi connectivity index (χ1n) is 24.2. The van der Waals surface area contributed by atoms with E-state index >= 15 is 9.36 Å². The number of carbonyl (C=O) groups is 1. The number of likely N-dealkylation sites (N-methyl/N-ethyl adjacent to an activating group) is 1. The third-order valence-electron chi connectivity index (χ3n) is 13.7. The summed E-state index contributed by atoms with van der Waals surface area (Å²) >= 11 is 0. The number of ether oxygens (including phenoxy) is 4. The van der Waals surface area contributed by atoms with Gasteiger partial charge in [0.05, 0.1) is 39.9 Å². The van der Waals surface area contributed by atoms with Crippen LogP contribution < -0.4 is 20.7 Å². The molecular formula is C57H58N5O10P. The fraction of sp³-hybridized carbons (Fsp3) is 0.298. The Labute approximate surface area is 423 Å². The number of H-pyrrole nitrogens is 1. The van der Waals surface area contributed by atoms with Gasteiger partial charge in [0.25, 0.3) is 11.5 Å². The third kappa shape index (κ3) is 9.54. The number of hydrogen-bond donors (Lipinski definition) is 1. The molecule has 9 rings (SSSR count). The molecule has 1 aromatic heterocycles. The molecule has 0 radical (unpaired) electrons. The van der Waals surface area contributed by atoms with Gasteiger partial charge in [0, 0.05) is 37.0 Å². The van der Waals surface area contributed by atoms with Crippen molar-refractivity contribution in [3.8, 4) is 17.6 Å². The molecule has 1 fully saturated rings. The summed E-state index contributed by atoms with van der Waals surface area (Å²) in [5.41, 5.74) is -0.322. The van der Waals surface area contributed by atoms with E-state index in [1.54, 1.807) is 32.0 Å². The van der Waals surface area contributed by atoms with Gasteiger partial charge in [-0.05, 0) is 107 Å². The molecule has 1 saturated heterocycles. The molecular weight excluding hydrogens is 946 g/mol. The lowest BCUT2D eigenvalue weighted by atomic mass is 9.80. The average Bonchev–Trinajstić information content (AvgIpc) is 3.74. The van der Waals surface area contributed by atoms with Crippen LogP contribution in [0.15, 0.2) is 155 Å². The van der Waals surface area contributed by atoms with Crippen LogP contribution in [0.4, 0.5) is 0 Å². The zero-order valence-electron chi connectivity index (χ0n) is 41.8. The summed E-state index contributed by atoms with van der Waals surface area (Å²) in [6.07, 6.45) is -2.78. The van der Waals surface area contributed by atoms with Crippen molar-refractivity contribution in [2.45, 2.75) is 76.3 Å². The second-order valence-corrected chi connectivity index (χ2v) is 20.5. The van der Waals surface area contributed by atoms with Gasteiger partial charge in [-0.3, -0.25) is 28.2 Å². The van der Waals surface area contributed by atoms with Gasteiger partial charge in [-0.25, -0.2) is 14.0 Å². The van der Waals surface area contributed by atoms with Crippen LogP contribution in [0.2, 0.25) is 0 Å². The second-order valence-electron chi connectivity index (χ2n) is 18.6. The number of nitrogens with zero attached hydrogens (tertiary/aromatic N) is 4. The first-order chi connectivity index (χ1) is 35.2. The van der Waals surface area contributed by atoms with Gasteiger partial charge in [-0.2, -0.15) is 5.26 Å². The Hall–Kier alpha value is -7.15. The third-order valence-corrected chi connectivity index (χ3v) is 16.2. The zero-order chi connectivity index (χ0) is 51.6. The van der Waals surface area contributed by atoms with Crippen LogP contribution in [0.3, 0.4) is 0 Å². The van der Waals surface area contributed by atoms with Gasteiger partial charge >= 0.3 is 13.4 Å². The molecule has 0 bridgehead atoms. The minimum Gasteiger partial charge on any atom is -0.497 e. The molecule has 15 nitrogen and oxygen atoms in total. The fourth-order valence-electron chi connectivity index (χ4n) is 10.5. The molecule has 5 atom stereocenters. The van der Waals surface area contributed by atoms with Crippen LogP contribution in [-0.2, 0) is 28.7 Å². The predicted octanol–water partition coefficient (Wildman–Crippen LogP) is 10.0. The molecule has 1 aliphatic heterocycles. The Balaban J connectivity index is 1.24. The molecule has 2 heterocycles. The largest absolute Gasteiger partial charge is 0.497 e. The van der Waals surface area contributed by atoms with Crippen molar-refractivity contribution in [2.24, 2.45) is 0 Å². The highest BCUT2D eigenvalue weighted by Crippen LogP contribution is 2.58. The molecule has 0 saturated carbocycles. The van der Waals surface area contributed by atoms with Crippen LogP contribution >= 0.6 is 7.75 Å². The summed E-state index contributed by atoms with van der Waals surface area (Å²) in [7, 11) is 0.292. The molecule has 0 aliphatic carbocycles. The van der Waals surface area contributed by atoms with Crippen LogP contribution in [0.25, 0.3) is 32.3 Å². The number of hydrogen-bond acceptors (Lipinski definition) is 11. The van der Waals surface area contributed by atoms with Crippen molar-refractivity contribution >= 4 is 46.0 Å². The van der Waals surface area contributed by atoms with Crippen molar-refractivity contribution in [2.75, 3.05) is 34.5 Å². The molecule has 16 heteroatoms. The minimum atomic E-state index is -4.47. The average molecular weight is 1000 g/mol. The minimum absolute atomic E-state index is 0.0970. The maximum Gasteiger partial charge on any atom is 0.409 e. The summed E-state index contributed by atoms with van der Waals surface area (Å²) in [5.74, 6) is 0.785. The van der Waals surface area contributed by atoms with E-state index in [0.29, 0.717) is 33.6 Å². The highest BCUT2D eigenvalue weighted by Gasteiger charge is 2.55. The molecule has 376 valence electrons. The van der Waals surface area contributed by atoms with E-state index in [1.165, 1.54) is 21.7 Å². The molecule has 1 unspecified atom stereocenters. The second kappa shape index (κ2) is 21.1. The topological polar surface area (TPSA) is 175 Å². The number of carbonyl (C=O) groups excluding carboxylic acids is 1. The number of amides is 1. The lowest BCUT2D eigenvalue weighted by molar-refractivity contribution is -0.0944. The summed E-state index contributed by atoms with van der Waals surface area (Å²) in [6.45, 7) is 6.89. The van der Waals surface area contributed by atoms with Gasteiger partial charge in [-0.1, -0.05) is 103 Å². The number of aromatic amines is 1. The van der Waals surface area contributed by atoms with E-state index in [9.17, 15) is 14.9 Å². The van der Waals surface area contributed by atoms with Crippen molar-refractivity contribution < 1.29 is 37.4 Å². The Kier molecular flexibility index (Phi) is 14.7. The van der Waals surface area contributed by atoms with E-state index in [2.05, 4.69) is 17.1 Å². The van der Waals surface area contributed by atoms with Gasteiger partial charge in [0.1, 0.15) is 35.3 Å². The lowest BCUT2D eigenvalue weighted by Gasteiger charge is -2.40. The van der Waals surface area contributed by atoms with Crippen molar-refractivity contribution in [3.63, 3.8) is 0 Å². The first-order valence-corrected chi connectivity index (χ1v) is 25.7. The van der Waals surface area contributed by atoms with Crippen LogP contribution in [0, 0.1) is 11.3 Å². The van der Waals surface area contributed by atoms with Crippen molar-refractivity contribution in [3.05, 3.63) is 189 Å². The quantitative estimate of drug-likeness (QED) is 0.0352. The van der Waals surface area contributed by atoms with E-state index in [4.69, 9.17) is 28.0 Å². The standard InChI is InChI=1S/C57H58N5O10P/c1-36(2)62(37(3)4)73(66,70-34-12-32-58)72-53-48(35-69-57(41-15-9-8-10-16-41,42-21-25-44(67-6)26-22-42)43-23-27-45(68-7)28-24-43)71-55(61-33-31-49(63)59-56(61)65)52(53)60(5)54(64)47-30-20-40-18-17-38-13-11-14-39-19-29-46(47)51(40)50(38)39/h8-11,13-31,33,36-37,48,52-53,55H,12,34-35H2,1-7H3,(H,59,63,65)/t48-,52-,53-,55-,73?/m1/s1. The number of rotatable bonds is 19. The van der Waals surface area contributed by atoms with Crippen LogP contribution in [0.1, 0.15) is 67.4 Å². The summed E-state index contributed by atoms with van der Waals surface area (Å²) in [5, 5.41) is 15.3. The van der Waals surface area contributed by atoms with Crippen LogP contribution in [-0.4, -0.2) is 89.8 Å². The number of nitriles is 1. The van der Waals surface area contributed by atoms with Crippen LogP contribution in [0.5, 0.6) is 11.5 Å². The smallest absolute Gasteiger partial charge is 0.409 e. The highest BCUT2D eigenvalue weighted by molar-refractivity contribution is 7.51. The Bertz CT molecular complexity index is 3380. The van der Waals surface area contributed by atoms with Crippen molar-refractivity contribution in [1.29, 1.82) is 5.26 Å². The van der Waals surface area contributed by atoms with Gasteiger partial charge in [0.15, 0.2) is 6.23 Å². The maximum absolute atomic E-state index is 15.9. The van der Waals surface area contributed by atoms with Crippen molar-refractivity contribution in [1.82, 2.24) is 19.1 Å². The highest BCUT2D eigenvalue weighted by atomic mass is 31.2. The molecule has 1 amide bonds. The number of aromatic nitrogens is 2. The summed E-state index contributed by atoms with van der Waals surface area (Å²) in [6, 6.07) is 43.6. The van der Waals surface area contributed by atoms with E-state index in [-0.39, 0.29) is 19.6 Å². The number of nitrogens with one attached hydrogen (secondary N) is 1. The zero-order valence-corrected chi connectivity index (χ0v) is 42.7. The maximum atomic E-state index is 15.9.